The van der Waals surface area contributed by atoms with E-state index in [1.807, 2.05) is 30.3 Å². The van der Waals surface area contributed by atoms with Gasteiger partial charge in [-0.05, 0) is 42.3 Å². The molecule has 0 aliphatic carbocycles. The first-order valence-electron chi connectivity index (χ1n) is 7.12. The average Bonchev–Trinajstić information content (AvgIpc) is 2.54. The lowest BCUT2D eigenvalue weighted by molar-refractivity contribution is -0.119. The SMILES string of the molecule is O=C(CSc1ccccc1)NC1CCSc2ccc(F)cc21. The second-order valence-electron chi connectivity index (χ2n) is 5.04. The number of benzene rings is 2. The van der Waals surface area contributed by atoms with E-state index in [9.17, 15) is 9.18 Å². The molecule has 1 N–H and O–H groups in total. The lowest BCUT2D eigenvalue weighted by atomic mass is 10.0. The first-order valence-corrected chi connectivity index (χ1v) is 9.09. The highest BCUT2D eigenvalue weighted by Gasteiger charge is 2.22. The van der Waals surface area contributed by atoms with Crippen molar-refractivity contribution in [2.45, 2.75) is 22.3 Å². The molecule has 1 heterocycles. The standard InChI is InChI=1S/C17H16FNOS2/c18-12-6-7-16-14(10-12)15(8-9-21-16)19-17(20)11-22-13-4-2-1-3-5-13/h1-7,10,15H,8-9,11H2,(H,19,20). The van der Waals surface area contributed by atoms with Gasteiger partial charge in [-0.25, -0.2) is 4.39 Å². The molecule has 0 saturated heterocycles. The van der Waals surface area contributed by atoms with Crippen molar-refractivity contribution in [1.29, 1.82) is 0 Å². The summed E-state index contributed by atoms with van der Waals surface area (Å²) in [6, 6.07) is 14.6. The van der Waals surface area contributed by atoms with E-state index in [1.54, 1.807) is 17.8 Å². The second-order valence-corrected chi connectivity index (χ2v) is 7.23. The van der Waals surface area contributed by atoms with E-state index in [0.29, 0.717) is 5.75 Å². The summed E-state index contributed by atoms with van der Waals surface area (Å²) < 4.78 is 13.4. The summed E-state index contributed by atoms with van der Waals surface area (Å²) in [5.74, 6) is 1.05. The summed E-state index contributed by atoms with van der Waals surface area (Å²) in [5, 5.41) is 3.03. The first-order chi connectivity index (χ1) is 10.7. The van der Waals surface area contributed by atoms with Gasteiger partial charge in [0.25, 0.3) is 0 Å². The van der Waals surface area contributed by atoms with Crippen molar-refractivity contribution in [1.82, 2.24) is 5.32 Å². The van der Waals surface area contributed by atoms with Crippen molar-refractivity contribution in [3.8, 4) is 0 Å². The first kappa shape index (κ1) is 15.4. The molecule has 2 nitrogen and oxygen atoms in total. The van der Waals surface area contributed by atoms with Crippen LogP contribution in [0.15, 0.2) is 58.3 Å². The van der Waals surface area contributed by atoms with Crippen LogP contribution in [0.2, 0.25) is 0 Å². The van der Waals surface area contributed by atoms with Crippen molar-refractivity contribution >= 4 is 29.4 Å². The quantitative estimate of drug-likeness (QED) is 0.847. The Morgan fingerprint density at radius 1 is 1.27 bits per heavy atom. The molecule has 3 rings (SSSR count). The van der Waals surface area contributed by atoms with Crippen molar-refractivity contribution in [2.24, 2.45) is 0 Å². The fraction of sp³-hybridized carbons (Fsp3) is 0.235. The molecule has 5 heteroatoms. The number of fused-ring (bicyclic) bond motifs is 1. The molecule has 22 heavy (non-hydrogen) atoms. The van der Waals surface area contributed by atoms with E-state index in [2.05, 4.69) is 5.32 Å². The maximum absolute atomic E-state index is 13.4. The minimum atomic E-state index is -0.251. The van der Waals surface area contributed by atoms with Gasteiger partial charge in [0, 0.05) is 15.5 Å². The normalized spacial score (nSPS) is 16.9. The van der Waals surface area contributed by atoms with Crippen molar-refractivity contribution in [3.05, 3.63) is 59.9 Å². The molecule has 1 atom stereocenters. The Bertz CT molecular complexity index is 663. The van der Waals surface area contributed by atoms with Crippen LogP contribution in [-0.2, 0) is 4.79 Å². The fourth-order valence-corrected chi connectivity index (χ4v) is 4.25. The van der Waals surface area contributed by atoms with Crippen LogP contribution in [0.1, 0.15) is 18.0 Å². The van der Waals surface area contributed by atoms with E-state index in [-0.39, 0.29) is 17.8 Å². The van der Waals surface area contributed by atoms with Gasteiger partial charge in [-0.15, -0.1) is 23.5 Å². The van der Waals surface area contributed by atoms with E-state index >= 15 is 0 Å². The number of carbonyl (C=O) groups is 1. The third-order valence-corrected chi connectivity index (χ3v) is 5.59. The van der Waals surface area contributed by atoms with E-state index in [4.69, 9.17) is 0 Å². The van der Waals surface area contributed by atoms with Crippen LogP contribution in [0.3, 0.4) is 0 Å². The summed E-state index contributed by atoms with van der Waals surface area (Å²) in [4.78, 5) is 14.3. The summed E-state index contributed by atoms with van der Waals surface area (Å²) in [6.45, 7) is 0. The van der Waals surface area contributed by atoms with E-state index in [0.717, 1.165) is 27.5 Å². The van der Waals surface area contributed by atoms with Crippen molar-refractivity contribution < 1.29 is 9.18 Å². The molecular formula is C17H16FNOS2. The number of halogens is 1. The van der Waals surface area contributed by atoms with Gasteiger partial charge in [0.15, 0.2) is 0 Å². The number of hydrogen-bond acceptors (Lipinski definition) is 3. The molecule has 0 saturated carbocycles. The topological polar surface area (TPSA) is 29.1 Å². The molecule has 2 aromatic carbocycles. The minimum absolute atomic E-state index is 0.0130. The molecule has 1 aliphatic heterocycles. The van der Waals surface area contributed by atoms with Gasteiger partial charge >= 0.3 is 0 Å². The summed E-state index contributed by atoms with van der Waals surface area (Å²) >= 11 is 3.23. The molecular weight excluding hydrogens is 317 g/mol. The highest BCUT2D eigenvalue weighted by Crippen LogP contribution is 2.36. The molecule has 0 bridgehead atoms. The minimum Gasteiger partial charge on any atom is -0.348 e. The zero-order valence-corrected chi connectivity index (χ0v) is 13.6. The number of thioether (sulfide) groups is 2. The zero-order valence-electron chi connectivity index (χ0n) is 11.9. The van der Waals surface area contributed by atoms with Gasteiger partial charge < -0.3 is 5.32 Å². The Balaban J connectivity index is 1.62. The maximum Gasteiger partial charge on any atom is 0.230 e. The molecule has 1 unspecified atom stereocenters. The van der Waals surface area contributed by atoms with Crippen LogP contribution in [0.4, 0.5) is 4.39 Å². The van der Waals surface area contributed by atoms with Crippen LogP contribution in [0.25, 0.3) is 0 Å². The Morgan fingerprint density at radius 3 is 2.91 bits per heavy atom. The lowest BCUT2D eigenvalue weighted by Crippen LogP contribution is -2.32. The van der Waals surface area contributed by atoms with Crippen molar-refractivity contribution in [2.75, 3.05) is 11.5 Å². The predicted molar refractivity (Wildman–Crippen MR) is 89.8 cm³/mol. The number of rotatable bonds is 4. The van der Waals surface area contributed by atoms with Gasteiger partial charge in [0.1, 0.15) is 5.82 Å². The molecule has 0 radical (unpaired) electrons. The van der Waals surface area contributed by atoms with Gasteiger partial charge in [0.2, 0.25) is 5.91 Å². The number of carbonyl (C=O) groups excluding carboxylic acids is 1. The zero-order chi connectivity index (χ0) is 15.4. The van der Waals surface area contributed by atoms with Crippen LogP contribution in [0, 0.1) is 5.82 Å². The Kier molecular flexibility index (Phi) is 5.05. The number of nitrogens with one attached hydrogen (secondary N) is 1. The van der Waals surface area contributed by atoms with Crippen LogP contribution in [0.5, 0.6) is 0 Å². The van der Waals surface area contributed by atoms with Gasteiger partial charge in [-0.2, -0.15) is 0 Å². The molecule has 0 spiro atoms. The highest BCUT2D eigenvalue weighted by atomic mass is 32.2. The largest absolute Gasteiger partial charge is 0.348 e. The molecule has 114 valence electrons. The van der Waals surface area contributed by atoms with Gasteiger partial charge in [-0.3, -0.25) is 4.79 Å². The van der Waals surface area contributed by atoms with Gasteiger partial charge in [-0.1, -0.05) is 18.2 Å². The molecule has 0 fully saturated rings. The molecule has 2 aromatic rings. The van der Waals surface area contributed by atoms with E-state index < -0.39 is 0 Å². The third kappa shape index (κ3) is 3.84. The molecule has 1 aliphatic rings. The maximum atomic E-state index is 13.4. The van der Waals surface area contributed by atoms with Crippen molar-refractivity contribution in [3.63, 3.8) is 0 Å². The van der Waals surface area contributed by atoms with E-state index in [1.165, 1.54) is 23.9 Å². The summed E-state index contributed by atoms with van der Waals surface area (Å²) in [7, 11) is 0. The predicted octanol–water partition coefficient (Wildman–Crippen LogP) is 4.27. The molecule has 1 amide bonds. The number of hydrogen-bond donors (Lipinski definition) is 1. The fourth-order valence-electron chi connectivity index (χ4n) is 2.42. The van der Waals surface area contributed by atoms with Crippen LogP contribution >= 0.6 is 23.5 Å². The monoisotopic (exact) mass is 333 g/mol. The average molecular weight is 333 g/mol. The summed E-state index contributed by atoms with van der Waals surface area (Å²) in [5.41, 5.74) is 0.898. The molecule has 0 aromatic heterocycles. The third-order valence-electron chi connectivity index (χ3n) is 3.46. The Morgan fingerprint density at radius 2 is 2.09 bits per heavy atom. The summed E-state index contributed by atoms with van der Waals surface area (Å²) in [6.07, 6.45) is 0.836. The Hall–Kier alpha value is -1.46. The lowest BCUT2D eigenvalue weighted by Gasteiger charge is -2.26. The smallest absolute Gasteiger partial charge is 0.230 e. The van der Waals surface area contributed by atoms with Crippen LogP contribution < -0.4 is 5.32 Å². The number of amides is 1. The second kappa shape index (κ2) is 7.20. The Labute approximate surface area is 137 Å². The highest BCUT2D eigenvalue weighted by molar-refractivity contribution is 8.00. The van der Waals surface area contributed by atoms with Crippen LogP contribution in [-0.4, -0.2) is 17.4 Å². The van der Waals surface area contributed by atoms with Gasteiger partial charge in [0.05, 0.1) is 11.8 Å².